The molecule has 0 aromatic heterocycles. The lowest BCUT2D eigenvalue weighted by Crippen LogP contribution is -2.50. The smallest absolute Gasteiger partial charge is 0.343 e. The molecule has 0 saturated heterocycles. The van der Waals surface area contributed by atoms with Gasteiger partial charge in [-0.2, -0.15) is 4.90 Å². The van der Waals surface area contributed by atoms with Crippen molar-refractivity contribution in [3.05, 3.63) is 0 Å². The third-order valence-electron chi connectivity index (χ3n) is 2.80. The summed E-state index contributed by atoms with van der Waals surface area (Å²) in [6.45, 7) is 2.64. The predicted octanol–water partition coefficient (Wildman–Crippen LogP) is 2.93. The van der Waals surface area contributed by atoms with Gasteiger partial charge >= 0.3 is 18.1 Å². The second-order valence-electron chi connectivity index (χ2n) is 4.46. The Kier molecular flexibility index (Phi) is 11.5. The third-order valence-corrected chi connectivity index (χ3v) is 3.18. The molecule has 0 unspecified atom stereocenters. The van der Waals surface area contributed by atoms with Crippen molar-refractivity contribution in [1.82, 2.24) is 14.9 Å². The summed E-state index contributed by atoms with van der Waals surface area (Å²) in [7, 11) is 1.24. The van der Waals surface area contributed by atoms with E-state index in [0.717, 1.165) is 31.2 Å². The van der Waals surface area contributed by atoms with E-state index in [1.807, 2.05) is 0 Å². The molecule has 0 aliphatic rings. The number of carbonyl (C=O) groups is 2. The van der Waals surface area contributed by atoms with E-state index in [1.165, 1.54) is 26.4 Å². The molecule has 0 saturated carbocycles. The number of urea groups is 2. The fourth-order valence-electron chi connectivity index (χ4n) is 1.68. The number of unbranched alkanes of at least 4 members (excludes halogenated alkanes) is 5. The first-order valence-corrected chi connectivity index (χ1v) is 8.34. The van der Waals surface area contributed by atoms with Crippen LogP contribution in [0.15, 0.2) is 0 Å². The Morgan fingerprint density at radius 2 is 1.76 bits per heavy atom. The molecule has 0 aliphatic heterocycles. The van der Waals surface area contributed by atoms with E-state index in [1.54, 1.807) is 6.26 Å². The Bertz CT molecular complexity index is 339. The van der Waals surface area contributed by atoms with Crippen LogP contribution >= 0.6 is 11.9 Å². The van der Waals surface area contributed by atoms with E-state index in [0.29, 0.717) is 11.4 Å². The van der Waals surface area contributed by atoms with Gasteiger partial charge in [-0.15, -0.1) is 0 Å². The maximum Gasteiger partial charge on any atom is 0.343 e. The number of methoxy groups -OCH3 is 1. The number of carbonyl (C=O) groups excluding carboxylic acids is 2. The SMILES string of the molecule is CCCCCCCCNC(=O)N(C(=N)OC)C(=O)NSC. The molecular weight excluding hydrogens is 292 g/mol. The van der Waals surface area contributed by atoms with Crippen LogP contribution in [-0.2, 0) is 4.74 Å². The van der Waals surface area contributed by atoms with Crippen molar-refractivity contribution in [1.29, 1.82) is 5.41 Å². The first kappa shape index (κ1) is 19.6. The quantitative estimate of drug-likeness (QED) is 0.277. The average Bonchev–Trinajstić information content (AvgIpc) is 2.46. The van der Waals surface area contributed by atoms with Crippen LogP contribution in [0.4, 0.5) is 9.59 Å². The zero-order valence-electron chi connectivity index (χ0n) is 13.0. The van der Waals surface area contributed by atoms with Crippen molar-refractivity contribution < 1.29 is 14.3 Å². The van der Waals surface area contributed by atoms with E-state index >= 15 is 0 Å². The lowest BCUT2D eigenvalue weighted by Gasteiger charge is -2.19. The molecule has 0 bridgehead atoms. The van der Waals surface area contributed by atoms with E-state index in [2.05, 4.69) is 21.7 Å². The van der Waals surface area contributed by atoms with Crippen molar-refractivity contribution in [3.63, 3.8) is 0 Å². The van der Waals surface area contributed by atoms with E-state index < -0.39 is 18.1 Å². The summed E-state index contributed by atoms with van der Waals surface area (Å²) in [6.07, 6.45) is 8.35. The van der Waals surface area contributed by atoms with Gasteiger partial charge < -0.3 is 10.1 Å². The Morgan fingerprint density at radius 1 is 1.14 bits per heavy atom. The van der Waals surface area contributed by atoms with Crippen LogP contribution in [0.25, 0.3) is 0 Å². The number of hydrogen-bond donors (Lipinski definition) is 3. The Morgan fingerprint density at radius 3 is 2.33 bits per heavy atom. The minimum Gasteiger partial charge on any atom is -0.468 e. The van der Waals surface area contributed by atoms with Crippen LogP contribution in [0.5, 0.6) is 0 Å². The van der Waals surface area contributed by atoms with Crippen molar-refractivity contribution in [2.24, 2.45) is 0 Å². The van der Waals surface area contributed by atoms with Crippen molar-refractivity contribution in [3.8, 4) is 0 Å². The van der Waals surface area contributed by atoms with Gasteiger partial charge in [0.1, 0.15) is 0 Å². The summed E-state index contributed by atoms with van der Waals surface area (Å²) in [4.78, 5) is 24.3. The molecule has 0 aromatic carbocycles. The highest BCUT2D eigenvalue weighted by Gasteiger charge is 2.26. The van der Waals surface area contributed by atoms with Gasteiger partial charge in [-0.1, -0.05) is 51.0 Å². The van der Waals surface area contributed by atoms with Gasteiger partial charge in [-0.05, 0) is 6.42 Å². The number of nitrogens with zero attached hydrogens (tertiary/aromatic N) is 1. The summed E-state index contributed by atoms with van der Waals surface area (Å²) >= 11 is 1.05. The molecule has 122 valence electrons. The molecule has 0 rings (SSSR count). The summed E-state index contributed by atoms with van der Waals surface area (Å²) in [5.41, 5.74) is 0. The normalized spacial score (nSPS) is 9.86. The van der Waals surface area contributed by atoms with Gasteiger partial charge in [0.05, 0.1) is 7.11 Å². The van der Waals surface area contributed by atoms with Crippen molar-refractivity contribution in [2.45, 2.75) is 45.4 Å². The molecule has 3 N–H and O–H groups in total. The van der Waals surface area contributed by atoms with Crippen LogP contribution < -0.4 is 10.0 Å². The summed E-state index contributed by atoms with van der Waals surface area (Å²) in [5, 5.41) is 10.1. The Balaban J connectivity index is 4.12. The predicted molar refractivity (Wildman–Crippen MR) is 85.4 cm³/mol. The maximum absolute atomic E-state index is 11.9. The zero-order chi connectivity index (χ0) is 16.1. The van der Waals surface area contributed by atoms with Crippen LogP contribution in [-0.4, -0.2) is 42.9 Å². The number of hydrogen-bond acceptors (Lipinski definition) is 5. The lowest BCUT2D eigenvalue weighted by atomic mass is 10.1. The highest BCUT2D eigenvalue weighted by Crippen LogP contribution is 2.04. The molecule has 4 amide bonds. The lowest BCUT2D eigenvalue weighted by molar-refractivity contribution is 0.197. The monoisotopic (exact) mass is 318 g/mol. The number of amidine groups is 1. The molecule has 0 heterocycles. The highest BCUT2D eigenvalue weighted by atomic mass is 32.2. The first-order valence-electron chi connectivity index (χ1n) is 7.11. The number of imide groups is 1. The van der Waals surface area contributed by atoms with Crippen LogP contribution in [0.1, 0.15) is 45.4 Å². The van der Waals surface area contributed by atoms with Crippen LogP contribution in [0.3, 0.4) is 0 Å². The minimum absolute atomic E-state index is 0.477. The molecule has 0 fully saturated rings. The van der Waals surface area contributed by atoms with Gasteiger partial charge in [0.25, 0.3) is 0 Å². The summed E-state index contributed by atoms with van der Waals surface area (Å²) in [5.74, 6) is 0. The van der Waals surface area contributed by atoms with E-state index in [4.69, 9.17) is 5.41 Å². The fraction of sp³-hybridized carbons (Fsp3) is 0.769. The minimum atomic E-state index is -0.699. The molecule has 21 heavy (non-hydrogen) atoms. The van der Waals surface area contributed by atoms with Gasteiger partial charge in [0, 0.05) is 12.8 Å². The largest absolute Gasteiger partial charge is 0.468 e. The van der Waals surface area contributed by atoms with Gasteiger partial charge in [0.2, 0.25) is 0 Å². The Hall–Kier alpha value is -1.44. The van der Waals surface area contributed by atoms with Gasteiger partial charge in [-0.25, -0.2) is 9.59 Å². The fourth-order valence-corrected chi connectivity index (χ4v) is 1.95. The van der Waals surface area contributed by atoms with Gasteiger partial charge in [-0.3, -0.25) is 10.1 Å². The average molecular weight is 318 g/mol. The van der Waals surface area contributed by atoms with E-state index in [-0.39, 0.29) is 0 Å². The standard InChI is InChI=1S/C13H26N4O3S/c1-4-5-6-7-8-9-10-15-12(18)17(11(14)20-2)13(19)16-21-3/h14H,4-10H2,1-3H3,(H,15,18)(H,16,19). The van der Waals surface area contributed by atoms with Crippen LogP contribution in [0.2, 0.25) is 0 Å². The second kappa shape index (κ2) is 12.3. The Labute approximate surface area is 130 Å². The third kappa shape index (κ3) is 8.44. The molecule has 7 nitrogen and oxygen atoms in total. The number of nitrogens with one attached hydrogen (secondary N) is 3. The number of amides is 4. The number of rotatable bonds is 8. The molecule has 0 atom stereocenters. The summed E-state index contributed by atoms with van der Waals surface area (Å²) in [6, 6.07) is -1.86. The molecule has 0 radical (unpaired) electrons. The first-order chi connectivity index (χ1) is 10.1. The molecule has 0 spiro atoms. The highest BCUT2D eigenvalue weighted by molar-refractivity contribution is 7.97. The summed E-state index contributed by atoms with van der Waals surface area (Å²) < 4.78 is 7.04. The molecular formula is C13H26N4O3S. The van der Waals surface area contributed by atoms with Crippen molar-refractivity contribution >= 4 is 30.0 Å². The molecule has 8 heteroatoms. The maximum atomic E-state index is 11.9. The molecule has 0 aliphatic carbocycles. The zero-order valence-corrected chi connectivity index (χ0v) is 13.8. The number of ether oxygens (including phenoxy) is 1. The molecule has 0 aromatic rings. The second-order valence-corrected chi connectivity index (χ2v) is 5.07. The van der Waals surface area contributed by atoms with Crippen LogP contribution in [0, 0.1) is 5.41 Å². The van der Waals surface area contributed by atoms with Gasteiger partial charge in [0.15, 0.2) is 0 Å². The van der Waals surface area contributed by atoms with Crippen molar-refractivity contribution in [2.75, 3.05) is 19.9 Å². The topological polar surface area (TPSA) is 94.5 Å². The van der Waals surface area contributed by atoms with E-state index in [9.17, 15) is 9.59 Å².